The van der Waals surface area contributed by atoms with E-state index < -0.39 is 0 Å². The fourth-order valence-corrected chi connectivity index (χ4v) is 9.34. The number of H-pyrrole nitrogens is 4. The lowest BCUT2D eigenvalue weighted by molar-refractivity contribution is -0.00373. The number of halogens is 4. The largest absolute Gasteiger partial charge is 0.488 e. The molecular weight excluding hydrogens is 799 g/mol. The Balaban J connectivity index is 0.000000140. The molecule has 4 aromatic heterocycles. The summed E-state index contributed by atoms with van der Waals surface area (Å²) in [5.41, 5.74) is 12.5. The monoisotopic (exact) mass is 841 g/mol. The molecule has 7 N–H and O–H groups in total. The number of rotatable bonds is 8. The van der Waals surface area contributed by atoms with Gasteiger partial charge in [0.2, 0.25) is 0 Å². The normalized spacial score (nSPS) is 15.8. The van der Waals surface area contributed by atoms with Crippen LogP contribution in [0.2, 0.25) is 0 Å². The first kappa shape index (κ1) is 38.6. The molecule has 0 radical (unpaired) electrons. The van der Waals surface area contributed by atoms with Crippen LogP contribution in [0, 0.1) is 23.3 Å². The zero-order valence-electron chi connectivity index (χ0n) is 33.6. The first-order valence-electron chi connectivity index (χ1n) is 21.0. The van der Waals surface area contributed by atoms with Crippen molar-refractivity contribution in [3.8, 4) is 11.5 Å². The maximum Gasteiger partial charge on any atom is 0.167 e. The Labute approximate surface area is 351 Å². The van der Waals surface area contributed by atoms with Crippen LogP contribution in [0.1, 0.15) is 12.8 Å². The molecule has 2 aliphatic rings. The van der Waals surface area contributed by atoms with E-state index in [0.29, 0.717) is 50.4 Å². The minimum atomic E-state index is -0.313. The Bertz CT molecular complexity index is 3150. The fraction of sp³-hybridized carbons (Fsp3) is 0.250. The van der Waals surface area contributed by atoms with Gasteiger partial charge < -0.3 is 40.2 Å². The van der Waals surface area contributed by atoms with Gasteiger partial charge >= 0.3 is 0 Å². The van der Waals surface area contributed by atoms with Gasteiger partial charge in [-0.25, -0.2) is 17.6 Å². The van der Waals surface area contributed by atoms with Gasteiger partial charge in [-0.3, -0.25) is 9.80 Å². The second-order valence-corrected chi connectivity index (χ2v) is 16.7. The summed E-state index contributed by atoms with van der Waals surface area (Å²) < 4.78 is 68.5. The second-order valence-electron chi connectivity index (χ2n) is 16.7. The Kier molecular flexibility index (Phi) is 9.49. The molecule has 0 unspecified atom stereocenters. The van der Waals surface area contributed by atoms with Crippen molar-refractivity contribution in [1.29, 1.82) is 0 Å². The quantitative estimate of drug-likeness (QED) is 0.0846. The zero-order valence-corrected chi connectivity index (χ0v) is 33.6. The molecule has 10 nitrogen and oxygen atoms in total. The lowest BCUT2D eigenvalue weighted by atomic mass is 10.1. The number of aliphatic hydroxyl groups is 1. The van der Waals surface area contributed by atoms with Gasteiger partial charge in [0, 0.05) is 97.4 Å². The molecular formula is C48H43F4N7O3. The van der Waals surface area contributed by atoms with E-state index in [-0.39, 0.29) is 29.4 Å². The zero-order chi connectivity index (χ0) is 42.2. The molecule has 2 aliphatic heterocycles. The Morgan fingerprint density at radius 1 is 0.500 bits per heavy atom. The number of nitrogens with two attached hydrogens (primary N) is 1. The van der Waals surface area contributed by atoms with E-state index >= 15 is 0 Å². The Morgan fingerprint density at radius 3 is 1.18 bits per heavy atom. The van der Waals surface area contributed by atoms with Gasteiger partial charge in [0.15, 0.2) is 11.5 Å². The minimum absolute atomic E-state index is 0.257. The number of hydrogen-bond donors (Lipinski definition) is 6. The number of nitrogens with one attached hydrogen (secondary N) is 4. The fourth-order valence-electron chi connectivity index (χ4n) is 9.34. The highest BCUT2D eigenvalue weighted by Crippen LogP contribution is 2.43. The average molecular weight is 842 g/mol. The summed E-state index contributed by atoms with van der Waals surface area (Å²) in [6, 6.07) is 22.9. The highest BCUT2D eigenvalue weighted by molar-refractivity contribution is 6.22. The van der Waals surface area contributed by atoms with E-state index in [1.54, 1.807) is 24.3 Å². The summed E-state index contributed by atoms with van der Waals surface area (Å²) in [7, 11) is 0. The third-order valence-corrected chi connectivity index (χ3v) is 12.6. The van der Waals surface area contributed by atoms with Crippen LogP contribution in [-0.4, -0.2) is 99.5 Å². The second kappa shape index (κ2) is 15.2. The van der Waals surface area contributed by atoms with Crippen LogP contribution in [-0.2, 0) is 0 Å². The Morgan fingerprint density at radius 2 is 0.839 bits per heavy atom. The molecule has 62 heavy (non-hydrogen) atoms. The minimum Gasteiger partial charge on any atom is -0.488 e. The smallest absolute Gasteiger partial charge is 0.167 e. The van der Waals surface area contributed by atoms with Crippen LogP contribution in [0.3, 0.4) is 0 Å². The standard InChI is InChI=1S/C25H24F2N4O.C23H19F2N3O2/c26-14-1-3-21-17(11-14)19-13-20-18-12-15(27)2-4-22(18)30-24(20)25(23(19)29-21)32-10-9-31-7-5-16(28)6-8-31;24-12-1-3-19-15(7-12)17-9-18-16-8-13(25)2-4-20(16)27-22(18)23(21(17)26-19)30-6-5-28-10-14(29)11-28/h1-4,11-13,16,29-30H,5-10,28H2;1-4,7-9,14,26-27,29H,5-6,10-11H2. The number of β-amino-alcohol motifs (C(OH)–C–C–N with tert-alkyl or cyclic N) is 1. The molecule has 0 bridgehead atoms. The number of ether oxygens (including phenoxy) is 2. The summed E-state index contributed by atoms with van der Waals surface area (Å²) in [6.07, 6.45) is 1.74. The van der Waals surface area contributed by atoms with E-state index in [1.807, 2.05) is 12.1 Å². The predicted octanol–water partition coefficient (Wildman–Crippen LogP) is 9.32. The van der Waals surface area contributed by atoms with Gasteiger partial charge in [-0.2, -0.15) is 0 Å². The maximum absolute atomic E-state index is 14.0. The number of aromatic amines is 4. The number of benzene rings is 6. The van der Waals surface area contributed by atoms with Gasteiger partial charge in [-0.1, -0.05) is 0 Å². The van der Waals surface area contributed by atoms with Crippen molar-refractivity contribution in [3.05, 3.63) is 108 Å². The van der Waals surface area contributed by atoms with Crippen molar-refractivity contribution >= 4 is 87.2 Å². The third kappa shape index (κ3) is 6.83. The van der Waals surface area contributed by atoms with Crippen molar-refractivity contribution in [2.45, 2.75) is 25.0 Å². The van der Waals surface area contributed by atoms with Crippen LogP contribution >= 0.6 is 0 Å². The van der Waals surface area contributed by atoms with Crippen LogP contribution in [0.15, 0.2) is 84.9 Å². The summed E-state index contributed by atoms with van der Waals surface area (Å²) in [5.74, 6) is 0.0965. The van der Waals surface area contributed by atoms with Gasteiger partial charge in [0.05, 0.1) is 28.2 Å². The molecule has 0 spiro atoms. The molecule has 14 heteroatoms. The summed E-state index contributed by atoms with van der Waals surface area (Å²) in [4.78, 5) is 18.0. The first-order valence-corrected chi connectivity index (χ1v) is 21.0. The van der Waals surface area contributed by atoms with Crippen molar-refractivity contribution in [3.63, 3.8) is 0 Å². The van der Waals surface area contributed by atoms with Crippen molar-refractivity contribution in [2.75, 3.05) is 52.5 Å². The average Bonchev–Trinajstić information content (AvgIpc) is 4.01. The molecule has 12 rings (SSSR count). The van der Waals surface area contributed by atoms with E-state index in [0.717, 1.165) is 120 Å². The highest BCUT2D eigenvalue weighted by Gasteiger charge is 2.25. The lowest BCUT2D eigenvalue weighted by Gasteiger charge is -2.35. The molecule has 0 aliphatic carbocycles. The van der Waals surface area contributed by atoms with Crippen molar-refractivity contribution < 1.29 is 32.1 Å². The van der Waals surface area contributed by atoms with Gasteiger partial charge in [0.25, 0.3) is 0 Å². The molecule has 316 valence electrons. The SMILES string of the molecule is NC1CCN(CCOc2c3[nH]c4ccc(F)cc4c3cc3c2[nH]c2ccc(F)cc23)CC1.OC1CN(CCOc2c3[nH]c4ccc(F)cc4c3cc3c2[nH]c2ccc(F)cc23)C1. The molecule has 2 fully saturated rings. The first-order chi connectivity index (χ1) is 30.1. The number of piperidine rings is 1. The van der Waals surface area contributed by atoms with Gasteiger partial charge in [0.1, 0.15) is 36.5 Å². The van der Waals surface area contributed by atoms with E-state index in [9.17, 15) is 22.7 Å². The Hall–Kier alpha value is -6.32. The molecule has 10 aromatic rings. The number of aliphatic hydroxyl groups excluding tert-OH is 1. The predicted molar refractivity (Wildman–Crippen MR) is 237 cm³/mol. The number of hydrogen-bond acceptors (Lipinski definition) is 6. The van der Waals surface area contributed by atoms with Crippen LogP contribution in [0.25, 0.3) is 87.2 Å². The summed E-state index contributed by atoms with van der Waals surface area (Å²) in [5, 5.41) is 15.9. The summed E-state index contributed by atoms with van der Waals surface area (Å²) >= 11 is 0. The topological polar surface area (TPSA) is 134 Å². The van der Waals surface area contributed by atoms with Crippen LogP contribution in [0.4, 0.5) is 17.6 Å². The summed E-state index contributed by atoms with van der Waals surface area (Å²) in [6.45, 7) is 5.70. The molecule has 2 saturated heterocycles. The molecule has 0 atom stereocenters. The molecule has 0 amide bonds. The van der Waals surface area contributed by atoms with Crippen molar-refractivity contribution in [2.24, 2.45) is 5.73 Å². The highest BCUT2D eigenvalue weighted by atomic mass is 19.1. The van der Waals surface area contributed by atoms with E-state index in [4.69, 9.17) is 15.2 Å². The number of fused-ring (bicyclic) bond motifs is 12. The lowest BCUT2D eigenvalue weighted by Crippen LogP contribution is -2.51. The van der Waals surface area contributed by atoms with Crippen LogP contribution in [0.5, 0.6) is 11.5 Å². The molecule has 6 aromatic carbocycles. The van der Waals surface area contributed by atoms with E-state index in [1.165, 1.54) is 48.5 Å². The maximum atomic E-state index is 14.0. The van der Waals surface area contributed by atoms with Gasteiger partial charge in [-0.05, 0) is 111 Å². The third-order valence-electron chi connectivity index (χ3n) is 12.6. The van der Waals surface area contributed by atoms with E-state index in [2.05, 4.69) is 29.7 Å². The number of nitrogens with zero attached hydrogens (tertiary/aromatic N) is 2. The molecule has 6 heterocycles. The molecule has 0 saturated carbocycles. The number of likely N-dealkylation sites (tertiary alicyclic amines) is 2. The number of aromatic nitrogens is 4. The van der Waals surface area contributed by atoms with Crippen LogP contribution < -0.4 is 15.2 Å². The van der Waals surface area contributed by atoms with Gasteiger partial charge in [-0.15, -0.1) is 0 Å². The van der Waals surface area contributed by atoms with Crippen molar-refractivity contribution in [1.82, 2.24) is 29.7 Å².